The SMILES string of the molecule is Cc1nnc(CNC(C)c2ccccn2)o1. The lowest BCUT2D eigenvalue weighted by molar-refractivity contribution is 0.428. The molecule has 0 aliphatic heterocycles. The van der Waals surface area contributed by atoms with Gasteiger partial charge in [0.15, 0.2) is 0 Å². The smallest absolute Gasteiger partial charge is 0.230 e. The Labute approximate surface area is 93.9 Å². The first-order chi connectivity index (χ1) is 7.75. The molecular formula is C11H14N4O. The predicted molar refractivity (Wildman–Crippen MR) is 58.5 cm³/mol. The average Bonchev–Trinajstić information content (AvgIpc) is 2.73. The fourth-order valence-electron chi connectivity index (χ4n) is 1.39. The minimum Gasteiger partial charge on any atom is -0.424 e. The Morgan fingerprint density at radius 1 is 1.38 bits per heavy atom. The van der Waals surface area contributed by atoms with E-state index in [9.17, 15) is 0 Å². The molecule has 0 aliphatic carbocycles. The van der Waals surface area contributed by atoms with Gasteiger partial charge in [0.2, 0.25) is 11.8 Å². The van der Waals surface area contributed by atoms with Gasteiger partial charge in [-0.05, 0) is 19.1 Å². The highest BCUT2D eigenvalue weighted by molar-refractivity contribution is 5.07. The van der Waals surface area contributed by atoms with E-state index in [2.05, 4.69) is 20.5 Å². The van der Waals surface area contributed by atoms with Crippen molar-refractivity contribution in [3.8, 4) is 0 Å². The minimum absolute atomic E-state index is 0.161. The van der Waals surface area contributed by atoms with Gasteiger partial charge in [-0.2, -0.15) is 0 Å². The quantitative estimate of drug-likeness (QED) is 0.844. The van der Waals surface area contributed by atoms with E-state index in [-0.39, 0.29) is 6.04 Å². The molecule has 2 aromatic rings. The second-order valence-corrected chi connectivity index (χ2v) is 3.57. The zero-order valence-corrected chi connectivity index (χ0v) is 9.34. The molecule has 2 rings (SSSR count). The summed E-state index contributed by atoms with van der Waals surface area (Å²) in [5.41, 5.74) is 0.999. The summed E-state index contributed by atoms with van der Waals surface area (Å²) >= 11 is 0. The molecule has 1 N–H and O–H groups in total. The molecule has 5 heteroatoms. The normalized spacial score (nSPS) is 12.6. The molecule has 16 heavy (non-hydrogen) atoms. The van der Waals surface area contributed by atoms with Crippen molar-refractivity contribution < 1.29 is 4.42 Å². The molecule has 0 amide bonds. The lowest BCUT2D eigenvalue weighted by Crippen LogP contribution is -2.19. The predicted octanol–water partition coefficient (Wildman–Crippen LogP) is 1.62. The van der Waals surface area contributed by atoms with Gasteiger partial charge in [-0.3, -0.25) is 4.98 Å². The van der Waals surface area contributed by atoms with Crippen LogP contribution >= 0.6 is 0 Å². The van der Waals surface area contributed by atoms with Gasteiger partial charge in [0, 0.05) is 19.2 Å². The standard InChI is InChI=1S/C11H14N4O/c1-8(10-5-3-4-6-12-10)13-7-11-15-14-9(2)16-11/h3-6,8,13H,7H2,1-2H3. The van der Waals surface area contributed by atoms with Crippen LogP contribution < -0.4 is 5.32 Å². The van der Waals surface area contributed by atoms with E-state index in [0.29, 0.717) is 18.3 Å². The molecule has 0 spiro atoms. The Morgan fingerprint density at radius 2 is 2.25 bits per heavy atom. The Kier molecular flexibility index (Phi) is 3.26. The van der Waals surface area contributed by atoms with Crippen LogP contribution in [0.3, 0.4) is 0 Å². The van der Waals surface area contributed by atoms with E-state index in [1.165, 1.54) is 0 Å². The summed E-state index contributed by atoms with van der Waals surface area (Å²) in [5, 5.41) is 10.9. The van der Waals surface area contributed by atoms with E-state index >= 15 is 0 Å². The number of pyridine rings is 1. The van der Waals surface area contributed by atoms with Gasteiger partial charge in [0.25, 0.3) is 0 Å². The first-order valence-corrected chi connectivity index (χ1v) is 5.19. The zero-order chi connectivity index (χ0) is 11.4. The highest BCUT2D eigenvalue weighted by Gasteiger charge is 2.07. The van der Waals surface area contributed by atoms with E-state index in [4.69, 9.17) is 4.42 Å². The van der Waals surface area contributed by atoms with E-state index in [1.807, 2.05) is 25.1 Å². The van der Waals surface area contributed by atoms with Crippen molar-refractivity contribution in [3.05, 3.63) is 41.9 Å². The monoisotopic (exact) mass is 218 g/mol. The molecule has 0 saturated heterocycles. The van der Waals surface area contributed by atoms with Gasteiger partial charge < -0.3 is 9.73 Å². The first-order valence-electron chi connectivity index (χ1n) is 5.19. The van der Waals surface area contributed by atoms with Gasteiger partial charge in [0.05, 0.1) is 12.2 Å². The molecule has 0 aliphatic rings. The summed E-state index contributed by atoms with van der Waals surface area (Å²) in [6.45, 7) is 4.38. The summed E-state index contributed by atoms with van der Waals surface area (Å²) in [4.78, 5) is 4.27. The fourth-order valence-corrected chi connectivity index (χ4v) is 1.39. The summed E-state index contributed by atoms with van der Waals surface area (Å²) in [7, 11) is 0. The molecule has 2 aromatic heterocycles. The summed E-state index contributed by atoms with van der Waals surface area (Å²) < 4.78 is 5.26. The molecule has 1 atom stereocenters. The molecule has 0 aromatic carbocycles. The Balaban J connectivity index is 1.91. The van der Waals surface area contributed by atoms with E-state index < -0.39 is 0 Å². The average molecular weight is 218 g/mol. The van der Waals surface area contributed by atoms with Crippen molar-refractivity contribution in [2.75, 3.05) is 0 Å². The van der Waals surface area contributed by atoms with Gasteiger partial charge in [-0.1, -0.05) is 6.07 Å². The number of hydrogen-bond acceptors (Lipinski definition) is 5. The fraction of sp³-hybridized carbons (Fsp3) is 0.364. The number of aromatic nitrogens is 3. The maximum absolute atomic E-state index is 5.26. The molecule has 84 valence electrons. The van der Waals surface area contributed by atoms with Crippen molar-refractivity contribution >= 4 is 0 Å². The summed E-state index contributed by atoms with van der Waals surface area (Å²) in [5.74, 6) is 1.18. The first kappa shape index (κ1) is 10.8. The molecule has 1 unspecified atom stereocenters. The summed E-state index contributed by atoms with van der Waals surface area (Å²) in [6.07, 6.45) is 1.78. The lowest BCUT2D eigenvalue weighted by atomic mass is 10.2. The second kappa shape index (κ2) is 4.85. The van der Waals surface area contributed by atoms with Crippen LogP contribution in [0.25, 0.3) is 0 Å². The molecule has 0 radical (unpaired) electrons. The Morgan fingerprint density at radius 3 is 2.88 bits per heavy atom. The summed E-state index contributed by atoms with van der Waals surface area (Å²) in [6, 6.07) is 6.01. The van der Waals surface area contributed by atoms with Crippen LogP contribution in [0.15, 0.2) is 28.8 Å². The molecule has 0 fully saturated rings. The highest BCUT2D eigenvalue weighted by atomic mass is 16.4. The molecular weight excluding hydrogens is 204 g/mol. The highest BCUT2D eigenvalue weighted by Crippen LogP contribution is 2.08. The van der Waals surface area contributed by atoms with Crippen LogP contribution in [0.1, 0.15) is 30.4 Å². The Bertz CT molecular complexity index is 440. The third-order valence-corrected chi connectivity index (χ3v) is 2.26. The maximum Gasteiger partial charge on any atom is 0.230 e. The molecule has 0 saturated carbocycles. The van der Waals surface area contributed by atoms with Crippen molar-refractivity contribution in [2.24, 2.45) is 0 Å². The number of hydrogen-bond donors (Lipinski definition) is 1. The van der Waals surface area contributed by atoms with Crippen LogP contribution in [0.2, 0.25) is 0 Å². The van der Waals surface area contributed by atoms with Crippen molar-refractivity contribution in [3.63, 3.8) is 0 Å². The second-order valence-electron chi connectivity index (χ2n) is 3.57. The number of nitrogens with one attached hydrogen (secondary N) is 1. The van der Waals surface area contributed by atoms with Gasteiger partial charge in [-0.25, -0.2) is 0 Å². The van der Waals surface area contributed by atoms with Gasteiger partial charge >= 0.3 is 0 Å². The lowest BCUT2D eigenvalue weighted by Gasteiger charge is -2.10. The van der Waals surface area contributed by atoms with Crippen LogP contribution in [0.4, 0.5) is 0 Å². The Hall–Kier alpha value is -1.75. The van der Waals surface area contributed by atoms with Gasteiger partial charge in [-0.15, -0.1) is 10.2 Å². The molecule has 0 bridgehead atoms. The molecule has 2 heterocycles. The number of nitrogens with zero attached hydrogens (tertiary/aromatic N) is 3. The van der Waals surface area contributed by atoms with Crippen LogP contribution in [-0.2, 0) is 6.54 Å². The molecule has 5 nitrogen and oxygen atoms in total. The minimum atomic E-state index is 0.161. The van der Waals surface area contributed by atoms with Crippen molar-refractivity contribution in [1.82, 2.24) is 20.5 Å². The topological polar surface area (TPSA) is 63.8 Å². The van der Waals surface area contributed by atoms with Crippen LogP contribution in [-0.4, -0.2) is 15.2 Å². The van der Waals surface area contributed by atoms with E-state index in [1.54, 1.807) is 13.1 Å². The van der Waals surface area contributed by atoms with Crippen LogP contribution in [0.5, 0.6) is 0 Å². The number of aryl methyl sites for hydroxylation is 1. The van der Waals surface area contributed by atoms with Crippen molar-refractivity contribution in [2.45, 2.75) is 26.4 Å². The van der Waals surface area contributed by atoms with E-state index in [0.717, 1.165) is 5.69 Å². The maximum atomic E-state index is 5.26. The van der Waals surface area contributed by atoms with Gasteiger partial charge in [0.1, 0.15) is 0 Å². The third-order valence-electron chi connectivity index (χ3n) is 2.26. The zero-order valence-electron chi connectivity index (χ0n) is 9.34. The third kappa shape index (κ3) is 2.64. The largest absolute Gasteiger partial charge is 0.424 e. The van der Waals surface area contributed by atoms with Crippen molar-refractivity contribution in [1.29, 1.82) is 0 Å². The van der Waals surface area contributed by atoms with Crippen LogP contribution in [0, 0.1) is 6.92 Å². The number of rotatable bonds is 4.